The Kier molecular flexibility index (Phi) is 9.03. The summed E-state index contributed by atoms with van der Waals surface area (Å²) in [6.45, 7) is 1.97. The van der Waals surface area contributed by atoms with E-state index < -0.39 is 18.0 Å². The van der Waals surface area contributed by atoms with E-state index in [0.29, 0.717) is 18.8 Å². The lowest BCUT2D eigenvalue weighted by Crippen LogP contribution is -2.27. The molecule has 0 saturated carbocycles. The number of rotatable bonds is 8. The predicted molar refractivity (Wildman–Crippen MR) is 61.5 cm³/mol. The van der Waals surface area contributed by atoms with Gasteiger partial charge in [0.1, 0.15) is 6.61 Å². The Morgan fingerprint density at radius 1 is 1.31 bits per heavy atom. The first kappa shape index (κ1) is 15.2. The van der Waals surface area contributed by atoms with Crippen LogP contribution in [0.4, 0.5) is 0 Å². The van der Waals surface area contributed by atoms with Crippen molar-refractivity contribution in [2.24, 2.45) is 0 Å². The van der Waals surface area contributed by atoms with Crippen LogP contribution in [0.15, 0.2) is 0 Å². The maximum atomic E-state index is 11.3. The number of esters is 2. The molecule has 0 spiro atoms. The third kappa shape index (κ3) is 7.53. The van der Waals surface area contributed by atoms with Crippen molar-refractivity contribution < 1.29 is 23.8 Å². The van der Waals surface area contributed by atoms with Gasteiger partial charge in [-0.05, 0) is 19.1 Å². The number of thiol groups is 1. The molecule has 0 fully saturated rings. The number of methoxy groups -OCH3 is 1. The SMILES string of the molecule is COCCOC(=O)C(C)OC(=O)CCCS. The minimum Gasteiger partial charge on any atom is -0.461 e. The first-order valence-electron chi connectivity index (χ1n) is 5.07. The maximum absolute atomic E-state index is 11.3. The molecular weight excluding hydrogens is 232 g/mol. The van der Waals surface area contributed by atoms with Crippen LogP contribution in [0.3, 0.4) is 0 Å². The van der Waals surface area contributed by atoms with Gasteiger partial charge in [-0.25, -0.2) is 4.79 Å². The van der Waals surface area contributed by atoms with Gasteiger partial charge in [-0.1, -0.05) is 0 Å². The molecule has 0 heterocycles. The normalized spacial score (nSPS) is 11.9. The zero-order valence-corrected chi connectivity index (χ0v) is 10.5. The number of carbonyl (C=O) groups excluding carboxylic acids is 2. The van der Waals surface area contributed by atoms with Crippen LogP contribution < -0.4 is 0 Å². The Morgan fingerprint density at radius 2 is 2.00 bits per heavy atom. The van der Waals surface area contributed by atoms with Gasteiger partial charge in [0.05, 0.1) is 6.61 Å². The van der Waals surface area contributed by atoms with Crippen molar-refractivity contribution in [1.82, 2.24) is 0 Å². The summed E-state index contributed by atoms with van der Waals surface area (Å²) in [6, 6.07) is 0. The lowest BCUT2D eigenvalue weighted by Gasteiger charge is -2.12. The molecule has 6 heteroatoms. The smallest absolute Gasteiger partial charge is 0.347 e. The molecular formula is C10H18O5S. The van der Waals surface area contributed by atoms with Crippen LogP contribution in [0.25, 0.3) is 0 Å². The molecule has 1 atom stereocenters. The average molecular weight is 250 g/mol. The molecule has 0 bridgehead atoms. The van der Waals surface area contributed by atoms with E-state index >= 15 is 0 Å². The van der Waals surface area contributed by atoms with E-state index in [1.54, 1.807) is 0 Å². The van der Waals surface area contributed by atoms with E-state index in [9.17, 15) is 9.59 Å². The second-order valence-corrected chi connectivity index (χ2v) is 3.57. The van der Waals surface area contributed by atoms with Crippen LogP contribution >= 0.6 is 12.6 Å². The molecule has 0 aliphatic rings. The Labute approximate surface area is 101 Å². The Balaban J connectivity index is 3.73. The number of ether oxygens (including phenoxy) is 3. The summed E-state index contributed by atoms with van der Waals surface area (Å²) in [5.74, 6) is -0.358. The van der Waals surface area contributed by atoms with E-state index in [1.165, 1.54) is 14.0 Å². The van der Waals surface area contributed by atoms with Crippen LogP contribution in [0.2, 0.25) is 0 Å². The fraction of sp³-hybridized carbons (Fsp3) is 0.800. The monoisotopic (exact) mass is 250 g/mol. The van der Waals surface area contributed by atoms with Crippen molar-refractivity contribution in [2.45, 2.75) is 25.9 Å². The Hall–Kier alpha value is -0.750. The molecule has 0 aliphatic heterocycles. The summed E-state index contributed by atoms with van der Waals surface area (Å²) >= 11 is 3.97. The summed E-state index contributed by atoms with van der Waals surface area (Å²) in [5, 5.41) is 0. The Morgan fingerprint density at radius 3 is 2.56 bits per heavy atom. The van der Waals surface area contributed by atoms with Gasteiger partial charge in [0, 0.05) is 13.5 Å². The second kappa shape index (κ2) is 9.47. The van der Waals surface area contributed by atoms with Gasteiger partial charge in [-0.2, -0.15) is 12.6 Å². The Bertz CT molecular complexity index is 219. The summed E-state index contributed by atoms with van der Waals surface area (Å²) < 4.78 is 14.4. The summed E-state index contributed by atoms with van der Waals surface area (Å²) in [7, 11) is 1.51. The molecule has 0 aliphatic carbocycles. The van der Waals surface area contributed by atoms with Crippen LogP contribution in [-0.2, 0) is 23.8 Å². The molecule has 0 aromatic rings. The van der Waals surface area contributed by atoms with E-state index in [0.717, 1.165) is 0 Å². The van der Waals surface area contributed by atoms with Crippen LogP contribution in [0, 0.1) is 0 Å². The zero-order valence-electron chi connectivity index (χ0n) is 9.60. The van der Waals surface area contributed by atoms with Crippen molar-refractivity contribution in [3.05, 3.63) is 0 Å². The lowest BCUT2D eigenvalue weighted by atomic mass is 10.3. The lowest BCUT2D eigenvalue weighted by molar-refractivity contribution is -0.167. The summed E-state index contributed by atoms with van der Waals surface area (Å²) in [5.41, 5.74) is 0. The molecule has 5 nitrogen and oxygen atoms in total. The number of hydrogen-bond acceptors (Lipinski definition) is 6. The van der Waals surface area contributed by atoms with Gasteiger partial charge in [0.25, 0.3) is 0 Å². The fourth-order valence-corrected chi connectivity index (χ4v) is 1.03. The van der Waals surface area contributed by atoms with Crippen LogP contribution in [0.5, 0.6) is 0 Å². The van der Waals surface area contributed by atoms with E-state index in [2.05, 4.69) is 12.6 Å². The third-order valence-corrected chi connectivity index (χ3v) is 2.03. The fourth-order valence-electron chi connectivity index (χ4n) is 0.871. The van der Waals surface area contributed by atoms with E-state index in [-0.39, 0.29) is 13.0 Å². The summed E-state index contributed by atoms with van der Waals surface area (Å²) in [6.07, 6.45) is 0.0244. The quantitative estimate of drug-likeness (QED) is 0.392. The highest BCUT2D eigenvalue weighted by Gasteiger charge is 2.18. The molecule has 0 aromatic carbocycles. The topological polar surface area (TPSA) is 61.8 Å². The third-order valence-electron chi connectivity index (χ3n) is 1.71. The van der Waals surface area contributed by atoms with Gasteiger partial charge in [0.2, 0.25) is 0 Å². The highest BCUT2D eigenvalue weighted by Crippen LogP contribution is 2.00. The molecule has 0 rings (SSSR count). The molecule has 0 saturated heterocycles. The highest BCUT2D eigenvalue weighted by atomic mass is 32.1. The van der Waals surface area contributed by atoms with Crippen molar-refractivity contribution in [1.29, 1.82) is 0 Å². The van der Waals surface area contributed by atoms with Gasteiger partial charge in [-0.15, -0.1) is 0 Å². The largest absolute Gasteiger partial charge is 0.461 e. The maximum Gasteiger partial charge on any atom is 0.347 e. The molecule has 16 heavy (non-hydrogen) atoms. The van der Waals surface area contributed by atoms with Crippen LogP contribution in [0.1, 0.15) is 19.8 Å². The van der Waals surface area contributed by atoms with Gasteiger partial charge in [-0.3, -0.25) is 4.79 Å². The van der Waals surface area contributed by atoms with Crippen molar-refractivity contribution in [3.63, 3.8) is 0 Å². The average Bonchev–Trinajstić information content (AvgIpc) is 2.26. The molecule has 94 valence electrons. The second-order valence-electron chi connectivity index (χ2n) is 3.12. The van der Waals surface area contributed by atoms with Gasteiger partial charge >= 0.3 is 11.9 Å². The predicted octanol–water partition coefficient (Wildman–Crippen LogP) is 0.818. The van der Waals surface area contributed by atoms with E-state index in [1.807, 2.05) is 0 Å². The first-order chi connectivity index (χ1) is 7.61. The van der Waals surface area contributed by atoms with Crippen molar-refractivity contribution in [2.75, 3.05) is 26.1 Å². The first-order valence-corrected chi connectivity index (χ1v) is 5.71. The standard InChI is InChI=1S/C10H18O5S/c1-8(10(12)14-6-5-13-2)15-9(11)4-3-7-16/h8,16H,3-7H2,1-2H3. The van der Waals surface area contributed by atoms with E-state index in [4.69, 9.17) is 14.2 Å². The van der Waals surface area contributed by atoms with Gasteiger partial charge in [0.15, 0.2) is 6.10 Å². The molecule has 1 unspecified atom stereocenters. The minimum atomic E-state index is -0.871. The number of hydrogen-bond donors (Lipinski definition) is 1. The zero-order chi connectivity index (χ0) is 12.4. The van der Waals surface area contributed by atoms with Crippen molar-refractivity contribution >= 4 is 24.6 Å². The molecule has 0 aromatic heterocycles. The van der Waals surface area contributed by atoms with Gasteiger partial charge < -0.3 is 14.2 Å². The molecule has 0 N–H and O–H groups in total. The van der Waals surface area contributed by atoms with Crippen LogP contribution in [-0.4, -0.2) is 44.1 Å². The summed E-state index contributed by atoms with van der Waals surface area (Å²) in [4.78, 5) is 22.4. The molecule has 0 radical (unpaired) electrons. The minimum absolute atomic E-state index is 0.161. The highest BCUT2D eigenvalue weighted by molar-refractivity contribution is 7.80. The van der Waals surface area contributed by atoms with Crippen molar-refractivity contribution in [3.8, 4) is 0 Å². The molecule has 0 amide bonds. The number of carbonyl (C=O) groups is 2.